The number of carbonyl (C=O) groups is 1. The molecule has 0 spiro atoms. The van der Waals surface area contributed by atoms with Gasteiger partial charge < -0.3 is 10.1 Å². The second-order valence-electron chi connectivity index (χ2n) is 13.6. The highest BCUT2D eigenvalue weighted by Crippen LogP contribution is 2.35. The Labute approximate surface area is 251 Å². The Morgan fingerprint density at radius 2 is 1.28 bits per heavy atom. The quantitative estimate of drug-likeness (QED) is 0.238. The van der Waals surface area contributed by atoms with E-state index in [0.717, 1.165) is 19.3 Å². The van der Waals surface area contributed by atoms with Crippen molar-refractivity contribution in [2.75, 3.05) is 6.54 Å². The van der Waals surface area contributed by atoms with Crippen LogP contribution < -0.4 is 5.32 Å². The van der Waals surface area contributed by atoms with Crippen LogP contribution in [0.15, 0.2) is 51.6 Å². The van der Waals surface area contributed by atoms with Crippen LogP contribution in [-0.2, 0) is 24.0 Å². The van der Waals surface area contributed by atoms with Crippen molar-refractivity contribution in [3.8, 4) is 0 Å². The number of rotatable bonds is 5. The standard InChI is InChI=1S/C20H29NO2S.C13H15BrS/c1-19(2,3)12-15-13-24-17-14(8-7-9-16(15)17)10-11-21-18(22)23-20(4,5)6;1-13(2,3)7-9-8-15-12-10(9)5-4-6-11(12)14/h7-9,13H,10-12H2,1-6H3,(H,21,22);4-6,8H,7H2,1-3H3. The molecule has 0 radical (unpaired) electrons. The summed E-state index contributed by atoms with van der Waals surface area (Å²) >= 11 is 7.24. The molecule has 4 rings (SSSR count). The number of nitrogens with one attached hydrogen (secondary N) is 1. The molecule has 1 amide bonds. The molecule has 4 aromatic rings. The minimum Gasteiger partial charge on any atom is -0.444 e. The van der Waals surface area contributed by atoms with Crippen molar-refractivity contribution in [3.05, 3.63) is 68.3 Å². The highest BCUT2D eigenvalue weighted by atomic mass is 79.9. The predicted molar refractivity (Wildman–Crippen MR) is 176 cm³/mol. The van der Waals surface area contributed by atoms with E-state index >= 15 is 0 Å². The number of alkyl carbamates (subject to hydrolysis) is 1. The molecular weight excluding hydrogens is 586 g/mol. The topological polar surface area (TPSA) is 38.3 Å². The minimum atomic E-state index is -0.459. The molecule has 0 bridgehead atoms. The second kappa shape index (κ2) is 12.7. The number of thiophene rings is 2. The van der Waals surface area contributed by atoms with Crippen molar-refractivity contribution in [3.63, 3.8) is 0 Å². The number of hydrogen-bond acceptors (Lipinski definition) is 4. The molecule has 0 fully saturated rings. The molecule has 2 aromatic heterocycles. The molecule has 39 heavy (non-hydrogen) atoms. The normalized spacial score (nSPS) is 12.4. The van der Waals surface area contributed by atoms with Crippen molar-refractivity contribution in [1.29, 1.82) is 0 Å². The molecule has 0 unspecified atom stereocenters. The summed E-state index contributed by atoms with van der Waals surface area (Å²) in [5.74, 6) is 0. The van der Waals surface area contributed by atoms with Gasteiger partial charge in [-0.2, -0.15) is 0 Å². The molecule has 0 aliphatic carbocycles. The Bertz CT molecular complexity index is 1400. The van der Waals surface area contributed by atoms with Gasteiger partial charge in [-0.25, -0.2) is 4.79 Å². The average molecular weight is 631 g/mol. The van der Waals surface area contributed by atoms with Crippen LogP contribution in [0.3, 0.4) is 0 Å². The van der Waals surface area contributed by atoms with Gasteiger partial charge in [-0.1, -0.05) is 71.9 Å². The zero-order valence-electron chi connectivity index (χ0n) is 25.0. The van der Waals surface area contributed by atoms with Gasteiger partial charge in [0.2, 0.25) is 0 Å². The second-order valence-corrected chi connectivity index (χ2v) is 16.2. The van der Waals surface area contributed by atoms with Crippen molar-refractivity contribution in [2.24, 2.45) is 10.8 Å². The third-order valence-electron chi connectivity index (χ3n) is 5.90. The highest BCUT2D eigenvalue weighted by molar-refractivity contribution is 9.10. The summed E-state index contributed by atoms with van der Waals surface area (Å²) in [4.78, 5) is 11.7. The number of benzene rings is 2. The molecule has 0 aliphatic rings. The van der Waals surface area contributed by atoms with Gasteiger partial charge in [0.1, 0.15) is 5.60 Å². The monoisotopic (exact) mass is 629 g/mol. The largest absolute Gasteiger partial charge is 0.444 e. The first-order chi connectivity index (χ1) is 18.0. The third-order valence-corrected chi connectivity index (χ3v) is 9.02. The van der Waals surface area contributed by atoms with Gasteiger partial charge in [-0.15, -0.1) is 22.7 Å². The zero-order valence-corrected chi connectivity index (χ0v) is 28.2. The van der Waals surface area contributed by atoms with Crippen LogP contribution in [0.2, 0.25) is 0 Å². The lowest BCUT2D eigenvalue weighted by molar-refractivity contribution is 0.0528. The summed E-state index contributed by atoms with van der Waals surface area (Å²) in [6.07, 6.45) is 2.68. The maximum absolute atomic E-state index is 11.7. The Kier molecular flexibility index (Phi) is 10.3. The number of hydrogen-bond donors (Lipinski definition) is 1. The van der Waals surface area contributed by atoms with Crippen LogP contribution >= 0.6 is 38.6 Å². The molecule has 0 aliphatic heterocycles. The Hall–Kier alpha value is -1.89. The lowest BCUT2D eigenvalue weighted by atomic mass is 9.88. The van der Waals surface area contributed by atoms with Gasteiger partial charge in [0.15, 0.2) is 0 Å². The summed E-state index contributed by atoms with van der Waals surface area (Å²) in [5.41, 5.74) is 4.36. The summed E-state index contributed by atoms with van der Waals surface area (Å²) in [5, 5.41) is 10.2. The first kappa shape index (κ1) is 31.6. The van der Waals surface area contributed by atoms with E-state index in [1.54, 1.807) is 11.3 Å². The molecule has 2 heterocycles. The lowest BCUT2D eigenvalue weighted by Gasteiger charge is -2.19. The molecule has 1 N–H and O–H groups in total. The summed E-state index contributed by atoms with van der Waals surface area (Å²) < 4.78 is 9.20. The van der Waals surface area contributed by atoms with Crippen LogP contribution in [0.1, 0.15) is 79.0 Å². The summed E-state index contributed by atoms with van der Waals surface area (Å²) in [6, 6.07) is 12.9. The number of fused-ring (bicyclic) bond motifs is 2. The van der Waals surface area contributed by atoms with Gasteiger partial charge in [-0.3, -0.25) is 0 Å². The van der Waals surface area contributed by atoms with E-state index in [1.807, 2.05) is 32.1 Å². The Balaban J connectivity index is 0.000000239. The van der Waals surface area contributed by atoms with Crippen LogP contribution in [0.25, 0.3) is 20.2 Å². The number of amides is 1. The lowest BCUT2D eigenvalue weighted by Crippen LogP contribution is -2.33. The summed E-state index contributed by atoms with van der Waals surface area (Å²) in [6.45, 7) is 19.9. The van der Waals surface area contributed by atoms with E-state index in [-0.39, 0.29) is 11.5 Å². The maximum atomic E-state index is 11.7. The minimum absolute atomic E-state index is 0.280. The van der Waals surface area contributed by atoms with E-state index in [9.17, 15) is 4.79 Å². The van der Waals surface area contributed by atoms with Crippen molar-refractivity contribution in [1.82, 2.24) is 5.32 Å². The van der Waals surface area contributed by atoms with Crippen LogP contribution in [0, 0.1) is 10.8 Å². The van der Waals surface area contributed by atoms with Crippen molar-refractivity contribution >= 4 is 64.9 Å². The first-order valence-corrected chi connectivity index (χ1v) is 16.2. The number of ether oxygens (including phenoxy) is 1. The molecule has 2 aromatic carbocycles. The van der Waals surface area contributed by atoms with Gasteiger partial charge in [-0.05, 0) is 111 Å². The molecule has 3 nitrogen and oxygen atoms in total. The molecule has 212 valence electrons. The summed E-state index contributed by atoms with van der Waals surface area (Å²) in [7, 11) is 0. The van der Waals surface area contributed by atoms with E-state index < -0.39 is 5.60 Å². The fourth-order valence-electron chi connectivity index (χ4n) is 4.47. The molecule has 0 atom stereocenters. The van der Waals surface area contributed by atoms with E-state index in [1.165, 1.54) is 41.3 Å². The Morgan fingerprint density at radius 1 is 0.769 bits per heavy atom. The average Bonchev–Trinajstić information content (AvgIpc) is 3.36. The van der Waals surface area contributed by atoms with Crippen molar-refractivity contribution < 1.29 is 9.53 Å². The molecule has 0 saturated heterocycles. The highest BCUT2D eigenvalue weighted by Gasteiger charge is 2.18. The third kappa shape index (κ3) is 9.91. The van der Waals surface area contributed by atoms with Crippen molar-refractivity contribution in [2.45, 2.75) is 87.2 Å². The molecule has 6 heteroatoms. The predicted octanol–water partition coefficient (Wildman–Crippen LogP) is 10.8. The Morgan fingerprint density at radius 3 is 1.82 bits per heavy atom. The number of carbonyl (C=O) groups excluding carboxylic acids is 1. The SMILES string of the molecule is CC(C)(C)Cc1csc2c(Br)cccc12.CC(C)(C)Cc1csc2c(CCNC(=O)OC(C)(C)C)cccc12. The van der Waals surface area contributed by atoms with Gasteiger partial charge >= 0.3 is 6.09 Å². The van der Waals surface area contributed by atoms with E-state index in [2.05, 4.69) is 110 Å². The fraction of sp³-hybridized carbons (Fsp3) is 0.485. The van der Waals surface area contributed by atoms with E-state index in [0.29, 0.717) is 12.0 Å². The van der Waals surface area contributed by atoms with Gasteiger partial charge in [0.05, 0.1) is 0 Å². The maximum Gasteiger partial charge on any atom is 0.407 e. The fourth-order valence-corrected chi connectivity index (χ4v) is 7.21. The van der Waals surface area contributed by atoms with Crippen LogP contribution in [-0.4, -0.2) is 18.2 Å². The first-order valence-electron chi connectivity index (χ1n) is 13.6. The van der Waals surface area contributed by atoms with Crippen LogP contribution in [0.5, 0.6) is 0 Å². The number of halogens is 1. The van der Waals surface area contributed by atoms with Crippen LogP contribution in [0.4, 0.5) is 4.79 Å². The molecular formula is C33H44BrNO2S2. The molecule has 0 saturated carbocycles. The zero-order chi connectivity index (χ0) is 29.0. The smallest absolute Gasteiger partial charge is 0.407 e. The van der Waals surface area contributed by atoms with E-state index in [4.69, 9.17) is 4.74 Å². The van der Waals surface area contributed by atoms with Gasteiger partial charge in [0, 0.05) is 20.4 Å². The van der Waals surface area contributed by atoms with Gasteiger partial charge in [0.25, 0.3) is 0 Å².